The fourth-order valence-corrected chi connectivity index (χ4v) is 4.82. The van der Waals surface area contributed by atoms with Crippen molar-refractivity contribution in [1.82, 2.24) is 4.98 Å². The van der Waals surface area contributed by atoms with Gasteiger partial charge in [0.25, 0.3) is 0 Å². The van der Waals surface area contributed by atoms with Gasteiger partial charge in [0.15, 0.2) is 0 Å². The van der Waals surface area contributed by atoms with Crippen molar-refractivity contribution < 1.29 is 31.1 Å². The van der Waals surface area contributed by atoms with Crippen molar-refractivity contribution in [3.05, 3.63) is 77.0 Å². The molecule has 3 rings (SSSR count). The van der Waals surface area contributed by atoms with Crippen LogP contribution in [0, 0.1) is 6.92 Å². The van der Waals surface area contributed by atoms with Crippen molar-refractivity contribution >= 4 is 17.4 Å². The third-order valence-electron chi connectivity index (χ3n) is 7.12. The van der Waals surface area contributed by atoms with E-state index in [-0.39, 0.29) is 6.07 Å². The second kappa shape index (κ2) is 12.1. The van der Waals surface area contributed by atoms with Gasteiger partial charge in [0.1, 0.15) is 5.82 Å². The van der Waals surface area contributed by atoms with Crippen molar-refractivity contribution in [2.45, 2.75) is 65.2 Å². The summed E-state index contributed by atoms with van der Waals surface area (Å²) in [4.78, 5) is 21.9. The van der Waals surface area contributed by atoms with Crippen LogP contribution in [-0.2, 0) is 22.6 Å². The van der Waals surface area contributed by atoms with Gasteiger partial charge >= 0.3 is 12.4 Å². The molecule has 4 nitrogen and oxygen atoms in total. The van der Waals surface area contributed by atoms with Gasteiger partial charge < -0.3 is 9.80 Å². The molecule has 0 bridgehead atoms. The van der Waals surface area contributed by atoms with Gasteiger partial charge in [0.2, 0.25) is 5.91 Å². The second-order valence-corrected chi connectivity index (χ2v) is 10.6. The largest absolute Gasteiger partial charge is 0.416 e. The van der Waals surface area contributed by atoms with E-state index in [0.29, 0.717) is 29.2 Å². The number of anilines is 2. The predicted molar refractivity (Wildman–Crippen MR) is 150 cm³/mol. The van der Waals surface area contributed by atoms with Crippen LogP contribution in [0.4, 0.5) is 37.8 Å². The van der Waals surface area contributed by atoms with Crippen molar-refractivity contribution in [2.75, 3.05) is 29.9 Å². The molecule has 0 unspecified atom stereocenters. The number of hydrogen-bond acceptors (Lipinski definition) is 3. The highest BCUT2D eigenvalue weighted by molar-refractivity contribution is 6.03. The number of aromatic nitrogens is 1. The standard InChI is InChI=1S/C31H35F6N3O/c1-7-13-40(14-8-2)27-18-25(24-12-10-9-11-20(24)3)26(19-38-27)39(6)28(41)29(4,5)21-15-22(30(32,33)34)17-23(16-21)31(35,36)37/h9-12,15-19H,7-8,13-14H2,1-6H3. The molecular weight excluding hydrogens is 544 g/mol. The van der Waals surface area contributed by atoms with Crippen LogP contribution in [0.1, 0.15) is 62.8 Å². The van der Waals surface area contributed by atoms with Crippen molar-refractivity contribution in [3.8, 4) is 11.1 Å². The first-order valence-electron chi connectivity index (χ1n) is 13.4. The van der Waals surface area contributed by atoms with Crippen LogP contribution in [0.5, 0.6) is 0 Å². The summed E-state index contributed by atoms with van der Waals surface area (Å²) in [5, 5.41) is 0. The van der Waals surface area contributed by atoms with E-state index in [1.165, 1.54) is 32.0 Å². The van der Waals surface area contributed by atoms with E-state index < -0.39 is 40.4 Å². The molecule has 0 fully saturated rings. The lowest BCUT2D eigenvalue weighted by Crippen LogP contribution is -2.42. The Labute approximate surface area is 237 Å². The molecule has 0 aliphatic rings. The lowest BCUT2D eigenvalue weighted by atomic mass is 9.81. The lowest BCUT2D eigenvalue weighted by molar-refractivity contribution is -0.143. The fourth-order valence-electron chi connectivity index (χ4n) is 4.82. The summed E-state index contributed by atoms with van der Waals surface area (Å²) >= 11 is 0. The Bertz CT molecular complexity index is 1340. The third kappa shape index (κ3) is 7.02. The zero-order valence-corrected chi connectivity index (χ0v) is 24.0. The molecule has 222 valence electrons. The molecule has 0 aliphatic carbocycles. The Morgan fingerprint density at radius 1 is 0.805 bits per heavy atom. The van der Waals surface area contributed by atoms with E-state index in [2.05, 4.69) is 23.7 Å². The monoisotopic (exact) mass is 579 g/mol. The Balaban J connectivity index is 2.17. The molecule has 0 atom stereocenters. The zero-order chi connectivity index (χ0) is 30.8. The van der Waals surface area contributed by atoms with E-state index in [0.717, 1.165) is 37.1 Å². The number of hydrogen-bond donors (Lipinski definition) is 0. The van der Waals surface area contributed by atoms with E-state index in [4.69, 9.17) is 0 Å². The van der Waals surface area contributed by atoms with Crippen molar-refractivity contribution in [1.29, 1.82) is 0 Å². The number of carbonyl (C=O) groups is 1. The quantitative estimate of drug-likeness (QED) is 0.238. The number of amides is 1. The molecule has 0 spiro atoms. The average molecular weight is 580 g/mol. The van der Waals surface area contributed by atoms with Gasteiger partial charge in [-0.2, -0.15) is 26.3 Å². The summed E-state index contributed by atoms with van der Waals surface area (Å²) in [5.41, 5.74) is -2.25. The second-order valence-electron chi connectivity index (χ2n) is 10.6. The number of rotatable bonds is 9. The van der Waals surface area contributed by atoms with Gasteiger partial charge in [0, 0.05) is 25.7 Å². The minimum atomic E-state index is -5.03. The number of likely N-dealkylation sites (N-methyl/N-ethyl adjacent to an activating group) is 1. The number of halogens is 6. The Hall–Kier alpha value is -3.56. The summed E-state index contributed by atoms with van der Waals surface area (Å²) in [5.74, 6) is 0.0248. The van der Waals surface area contributed by atoms with E-state index in [1.54, 1.807) is 0 Å². The van der Waals surface area contributed by atoms with Gasteiger partial charge in [-0.1, -0.05) is 38.1 Å². The molecule has 1 amide bonds. The molecule has 0 aliphatic heterocycles. The summed E-state index contributed by atoms with van der Waals surface area (Å²) in [6.45, 7) is 10.2. The van der Waals surface area contributed by atoms with Crippen molar-refractivity contribution in [2.24, 2.45) is 0 Å². The first-order chi connectivity index (χ1) is 19.0. The number of benzene rings is 2. The summed E-state index contributed by atoms with van der Waals surface area (Å²) < 4.78 is 81.4. The Kier molecular flexibility index (Phi) is 9.45. The highest BCUT2D eigenvalue weighted by Gasteiger charge is 2.41. The number of nitrogens with zero attached hydrogens (tertiary/aromatic N) is 3. The fraction of sp³-hybridized carbons (Fsp3) is 0.419. The molecule has 41 heavy (non-hydrogen) atoms. The van der Waals surface area contributed by atoms with Crippen LogP contribution >= 0.6 is 0 Å². The number of pyridine rings is 1. The van der Waals surface area contributed by atoms with Gasteiger partial charge in [-0.25, -0.2) is 4.98 Å². The smallest absolute Gasteiger partial charge is 0.357 e. The van der Waals surface area contributed by atoms with Crippen LogP contribution in [0.25, 0.3) is 11.1 Å². The van der Waals surface area contributed by atoms with E-state index >= 15 is 0 Å². The van der Waals surface area contributed by atoms with Crippen LogP contribution in [0.15, 0.2) is 54.7 Å². The molecule has 0 N–H and O–H groups in total. The minimum absolute atomic E-state index is 0.0606. The zero-order valence-electron chi connectivity index (χ0n) is 24.0. The SMILES string of the molecule is CCCN(CCC)c1cc(-c2ccccc2C)c(N(C)C(=O)C(C)(C)c2cc(C(F)(F)F)cc(C(F)(F)F)c2)cn1. The molecule has 0 saturated carbocycles. The number of alkyl halides is 6. The molecular formula is C31H35F6N3O. The molecule has 3 aromatic rings. The molecule has 1 heterocycles. The highest BCUT2D eigenvalue weighted by atomic mass is 19.4. The van der Waals surface area contributed by atoms with Gasteiger partial charge in [-0.3, -0.25) is 4.79 Å². The number of aryl methyl sites for hydroxylation is 1. The minimum Gasteiger partial charge on any atom is -0.357 e. The maximum absolute atomic E-state index is 13.9. The van der Waals surface area contributed by atoms with E-state index in [9.17, 15) is 31.1 Å². The van der Waals surface area contributed by atoms with Gasteiger partial charge in [-0.05, 0) is 74.6 Å². The van der Waals surface area contributed by atoms with E-state index in [1.807, 2.05) is 37.3 Å². The molecule has 0 radical (unpaired) electrons. The first kappa shape index (κ1) is 32.0. The van der Waals surface area contributed by atoms with Gasteiger partial charge in [-0.15, -0.1) is 0 Å². The summed E-state index contributed by atoms with van der Waals surface area (Å²) in [6.07, 6.45) is -6.72. The first-order valence-corrected chi connectivity index (χ1v) is 13.4. The maximum atomic E-state index is 13.9. The number of carbonyl (C=O) groups excluding carboxylic acids is 1. The lowest BCUT2D eigenvalue weighted by Gasteiger charge is -2.32. The normalized spacial score (nSPS) is 12.4. The highest BCUT2D eigenvalue weighted by Crippen LogP contribution is 2.41. The molecule has 0 saturated heterocycles. The topological polar surface area (TPSA) is 36.4 Å². The predicted octanol–water partition coefficient (Wildman–Crippen LogP) is 8.66. The van der Waals surface area contributed by atoms with Gasteiger partial charge in [0.05, 0.1) is 28.4 Å². The molecule has 10 heteroatoms. The van der Waals surface area contributed by atoms with Crippen LogP contribution < -0.4 is 9.80 Å². The van der Waals surface area contributed by atoms with Crippen LogP contribution in [-0.4, -0.2) is 31.0 Å². The average Bonchev–Trinajstić information content (AvgIpc) is 2.91. The summed E-state index contributed by atoms with van der Waals surface area (Å²) in [7, 11) is 1.46. The molecule has 1 aromatic heterocycles. The van der Waals surface area contributed by atoms with Crippen molar-refractivity contribution in [3.63, 3.8) is 0 Å². The van der Waals surface area contributed by atoms with Crippen LogP contribution in [0.3, 0.4) is 0 Å². The maximum Gasteiger partial charge on any atom is 0.416 e. The molecule has 2 aromatic carbocycles. The van der Waals surface area contributed by atoms with Crippen LogP contribution in [0.2, 0.25) is 0 Å². The Morgan fingerprint density at radius 2 is 1.32 bits per heavy atom. The summed E-state index contributed by atoms with van der Waals surface area (Å²) in [6, 6.07) is 10.7. The third-order valence-corrected chi connectivity index (χ3v) is 7.12. The Morgan fingerprint density at radius 3 is 1.80 bits per heavy atom.